The first-order valence-corrected chi connectivity index (χ1v) is 10.2. The molecule has 0 bridgehead atoms. The Kier molecular flexibility index (Phi) is 3.83. The molecule has 0 aliphatic heterocycles. The molecule has 8 nitrogen and oxygen atoms in total. The maximum Gasteiger partial charge on any atom is 0.161 e. The number of pyridine rings is 2. The molecule has 0 spiro atoms. The topological polar surface area (TPSA) is 109 Å². The third kappa shape index (κ3) is 2.75. The van der Waals surface area contributed by atoms with Gasteiger partial charge in [-0.25, -0.2) is 9.97 Å². The Morgan fingerprint density at radius 1 is 0.833 bits per heavy atom. The molecule has 6 aromatic heterocycles. The number of halogens is 1. The molecular weight excluding hydrogens is 420 g/mol. The Balaban J connectivity index is 1.52. The van der Waals surface area contributed by atoms with Gasteiger partial charge in [-0.2, -0.15) is 5.10 Å². The van der Waals surface area contributed by atoms with Crippen LogP contribution in [0.3, 0.4) is 0 Å². The van der Waals surface area contributed by atoms with Gasteiger partial charge in [0.2, 0.25) is 0 Å². The highest BCUT2D eigenvalue weighted by molar-refractivity contribution is 7.19. The molecule has 0 fully saturated rings. The van der Waals surface area contributed by atoms with Crippen LogP contribution in [0.25, 0.3) is 55.4 Å². The minimum atomic E-state index is 0.608. The van der Waals surface area contributed by atoms with Crippen molar-refractivity contribution in [2.45, 2.75) is 0 Å². The molecular formula is C20H11ClN8S. The second-order valence-corrected chi connectivity index (χ2v) is 8.24. The van der Waals surface area contributed by atoms with Crippen molar-refractivity contribution in [1.29, 1.82) is 0 Å². The number of nitrogens with zero attached hydrogens (tertiary/aromatic N) is 6. The van der Waals surface area contributed by atoms with Gasteiger partial charge in [0, 0.05) is 29.0 Å². The van der Waals surface area contributed by atoms with Crippen molar-refractivity contribution in [3.05, 3.63) is 59.6 Å². The molecule has 0 amide bonds. The summed E-state index contributed by atoms with van der Waals surface area (Å²) in [5.41, 5.74) is 6.07. The molecule has 6 heterocycles. The lowest BCUT2D eigenvalue weighted by Crippen LogP contribution is -1.89. The molecule has 0 atom stereocenters. The molecule has 0 unspecified atom stereocenters. The number of fused-ring (bicyclic) bond motifs is 2. The number of H-pyrrole nitrogens is 2. The molecule has 6 aromatic rings. The lowest BCUT2D eigenvalue weighted by atomic mass is 10.2. The first kappa shape index (κ1) is 17.2. The Morgan fingerprint density at radius 2 is 1.80 bits per heavy atom. The van der Waals surface area contributed by atoms with E-state index in [2.05, 4.69) is 30.1 Å². The van der Waals surface area contributed by atoms with E-state index in [9.17, 15) is 0 Å². The normalized spacial score (nSPS) is 11.5. The lowest BCUT2D eigenvalue weighted by Gasteiger charge is -1.99. The number of rotatable bonds is 3. The van der Waals surface area contributed by atoms with E-state index in [1.807, 2.05) is 24.3 Å². The summed E-state index contributed by atoms with van der Waals surface area (Å²) in [5.74, 6) is 0.608. The molecule has 10 heteroatoms. The highest BCUT2D eigenvalue weighted by Gasteiger charge is 2.17. The van der Waals surface area contributed by atoms with Crippen molar-refractivity contribution < 1.29 is 0 Å². The van der Waals surface area contributed by atoms with Gasteiger partial charge in [-0.1, -0.05) is 11.6 Å². The van der Waals surface area contributed by atoms with Gasteiger partial charge in [-0.3, -0.25) is 20.1 Å². The van der Waals surface area contributed by atoms with Gasteiger partial charge in [-0.05, 0) is 24.3 Å². The summed E-state index contributed by atoms with van der Waals surface area (Å²) in [5, 5.41) is 7.47. The van der Waals surface area contributed by atoms with E-state index in [1.54, 1.807) is 31.0 Å². The average Bonchev–Trinajstić information content (AvgIpc) is 3.51. The van der Waals surface area contributed by atoms with E-state index >= 15 is 0 Å². The van der Waals surface area contributed by atoms with Gasteiger partial charge in [-0.15, -0.1) is 11.3 Å². The number of imidazole rings is 1. The summed E-state index contributed by atoms with van der Waals surface area (Å²) in [6.45, 7) is 0. The fraction of sp³-hybridized carbons (Fsp3) is 0. The summed E-state index contributed by atoms with van der Waals surface area (Å²) in [6.07, 6.45) is 8.49. The van der Waals surface area contributed by atoms with Gasteiger partial charge in [0.1, 0.15) is 16.7 Å². The van der Waals surface area contributed by atoms with Gasteiger partial charge in [0.05, 0.1) is 33.5 Å². The summed E-state index contributed by atoms with van der Waals surface area (Å²) >= 11 is 7.61. The van der Waals surface area contributed by atoms with E-state index in [0.717, 1.165) is 31.3 Å². The first-order chi connectivity index (χ1) is 14.8. The maximum atomic E-state index is 6.12. The maximum absolute atomic E-state index is 6.12. The first-order valence-electron chi connectivity index (χ1n) is 8.97. The van der Waals surface area contributed by atoms with Crippen molar-refractivity contribution in [1.82, 2.24) is 40.1 Å². The Hall–Kier alpha value is -3.69. The molecule has 0 saturated heterocycles. The summed E-state index contributed by atoms with van der Waals surface area (Å²) in [6, 6.07) is 7.64. The zero-order valence-corrected chi connectivity index (χ0v) is 16.7. The van der Waals surface area contributed by atoms with Gasteiger partial charge in [0.25, 0.3) is 0 Å². The molecule has 30 heavy (non-hydrogen) atoms. The molecule has 0 radical (unpaired) electrons. The van der Waals surface area contributed by atoms with E-state index in [0.29, 0.717) is 28.4 Å². The number of thiophene rings is 1. The Bertz CT molecular complexity index is 1520. The zero-order valence-electron chi connectivity index (χ0n) is 15.2. The van der Waals surface area contributed by atoms with Crippen molar-refractivity contribution in [2.24, 2.45) is 0 Å². The van der Waals surface area contributed by atoms with Crippen molar-refractivity contribution in [3.8, 4) is 33.3 Å². The van der Waals surface area contributed by atoms with Crippen LogP contribution in [0.2, 0.25) is 4.34 Å². The van der Waals surface area contributed by atoms with Gasteiger partial charge >= 0.3 is 0 Å². The molecule has 0 aromatic carbocycles. The second kappa shape index (κ2) is 6.68. The molecule has 2 N–H and O–H groups in total. The third-order valence-electron chi connectivity index (χ3n) is 4.69. The number of hydrogen-bond donors (Lipinski definition) is 2. The van der Waals surface area contributed by atoms with Gasteiger partial charge < -0.3 is 4.98 Å². The molecule has 144 valence electrons. The molecule has 0 saturated carbocycles. The van der Waals surface area contributed by atoms with E-state index in [4.69, 9.17) is 21.6 Å². The minimum Gasteiger partial charge on any atom is -0.335 e. The van der Waals surface area contributed by atoms with Crippen LogP contribution in [0, 0.1) is 0 Å². The van der Waals surface area contributed by atoms with Crippen LogP contribution in [0.15, 0.2) is 55.2 Å². The highest BCUT2D eigenvalue weighted by Crippen LogP contribution is 2.35. The van der Waals surface area contributed by atoms with Crippen LogP contribution < -0.4 is 0 Å². The zero-order chi connectivity index (χ0) is 20.1. The van der Waals surface area contributed by atoms with Crippen molar-refractivity contribution in [3.63, 3.8) is 0 Å². The number of aromatic amines is 2. The third-order valence-corrected chi connectivity index (χ3v) is 5.95. The number of nitrogens with one attached hydrogen (secondary N) is 2. The Labute approximate surface area is 178 Å². The van der Waals surface area contributed by atoms with E-state index in [-0.39, 0.29) is 0 Å². The van der Waals surface area contributed by atoms with Gasteiger partial charge in [0.15, 0.2) is 11.5 Å². The lowest BCUT2D eigenvalue weighted by molar-refractivity contribution is 1.10. The summed E-state index contributed by atoms with van der Waals surface area (Å²) in [7, 11) is 0. The number of hydrogen-bond acceptors (Lipinski definition) is 7. The van der Waals surface area contributed by atoms with Crippen molar-refractivity contribution in [2.75, 3.05) is 0 Å². The van der Waals surface area contributed by atoms with E-state index < -0.39 is 0 Å². The molecule has 6 rings (SSSR count). The average molecular weight is 431 g/mol. The van der Waals surface area contributed by atoms with Crippen LogP contribution in [0.4, 0.5) is 0 Å². The summed E-state index contributed by atoms with van der Waals surface area (Å²) in [4.78, 5) is 26.7. The fourth-order valence-corrected chi connectivity index (χ4v) is 4.38. The minimum absolute atomic E-state index is 0.608. The molecule has 0 aliphatic carbocycles. The summed E-state index contributed by atoms with van der Waals surface area (Å²) < 4.78 is 0.719. The molecule has 0 aliphatic rings. The van der Waals surface area contributed by atoms with Crippen LogP contribution in [-0.4, -0.2) is 40.1 Å². The largest absolute Gasteiger partial charge is 0.335 e. The van der Waals surface area contributed by atoms with Crippen LogP contribution in [0.5, 0.6) is 0 Å². The second-order valence-electron chi connectivity index (χ2n) is 6.53. The predicted molar refractivity (Wildman–Crippen MR) is 116 cm³/mol. The predicted octanol–water partition coefficient (Wildman–Crippen LogP) is 4.74. The SMILES string of the molecule is Clc1ccc(-c2cncc3[nH]c(-c4n[nH]c5ccc(-c6cnccn6)nc45)nc23)s1. The highest BCUT2D eigenvalue weighted by atomic mass is 35.5. The number of aromatic nitrogens is 8. The van der Waals surface area contributed by atoms with E-state index in [1.165, 1.54) is 11.3 Å². The Morgan fingerprint density at radius 3 is 2.63 bits per heavy atom. The monoisotopic (exact) mass is 430 g/mol. The fourth-order valence-electron chi connectivity index (χ4n) is 3.32. The smallest absolute Gasteiger partial charge is 0.161 e. The van der Waals surface area contributed by atoms with Crippen molar-refractivity contribution >= 4 is 45.0 Å². The van der Waals surface area contributed by atoms with Crippen LogP contribution in [0.1, 0.15) is 0 Å². The quantitative estimate of drug-likeness (QED) is 0.420. The van der Waals surface area contributed by atoms with Crippen LogP contribution >= 0.6 is 22.9 Å². The van der Waals surface area contributed by atoms with Crippen LogP contribution in [-0.2, 0) is 0 Å². The standard InChI is InChI=1S/C20H11ClN8S/c21-16-4-3-15(30-16)10-7-23-9-14-17(10)27-20(26-14)19-18-12(28-29-19)2-1-11(25-18)13-8-22-5-6-24-13/h1-9H,(H,26,27)(H,28,29).